The Hall–Kier alpha value is -0.920. The maximum atomic E-state index is 10.6. The summed E-state index contributed by atoms with van der Waals surface area (Å²) in [7, 11) is 0. The number of nitrogens with zero attached hydrogens (tertiary/aromatic N) is 2. The van der Waals surface area contributed by atoms with E-state index in [-0.39, 0.29) is 50.6 Å². The summed E-state index contributed by atoms with van der Waals surface area (Å²) in [6.07, 6.45) is 36.5. The second-order valence-corrected chi connectivity index (χ2v) is 11.6. The van der Waals surface area contributed by atoms with Crippen molar-refractivity contribution in [3.05, 3.63) is 48.6 Å². The van der Waals surface area contributed by atoms with Crippen LogP contribution in [-0.2, 0) is 9.59 Å². The van der Waals surface area contributed by atoms with Gasteiger partial charge in [0.25, 0.3) is 0 Å². The van der Waals surface area contributed by atoms with Crippen LogP contribution in [0.5, 0.6) is 0 Å². The van der Waals surface area contributed by atoms with Crippen LogP contribution in [0.25, 0.3) is 0 Å². The van der Waals surface area contributed by atoms with Gasteiger partial charge in [-0.15, -0.1) is 0 Å². The molecule has 0 radical (unpaired) electrons. The molecule has 7 heteroatoms. The first-order chi connectivity index (χ1) is 21.4. The number of carboxylic acids is 2. The molecule has 0 aliphatic heterocycles. The monoisotopic (exact) mass is 656 g/mol. The van der Waals surface area contributed by atoms with Crippen molar-refractivity contribution in [3.63, 3.8) is 0 Å². The Morgan fingerprint density at radius 1 is 0.422 bits per heavy atom. The topological polar surface area (TPSA) is 86.7 Å². The third kappa shape index (κ3) is 43.1. The number of hydrogen-bond donors (Lipinski definition) is 0. The molecular formula is C38H68CaN2O4. The van der Waals surface area contributed by atoms with Crippen molar-refractivity contribution in [1.29, 1.82) is 0 Å². The molecule has 0 amide bonds. The van der Waals surface area contributed by atoms with E-state index in [2.05, 4.69) is 86.1 Å². The Labute approximate surface area is 308 Å². The van der Waals surface area contributed by atoms with E-state index < -0.39 is 11.9 Å². The fourth-order valence-electron chi connectivity index (χ4n) is 4.93. The molecule has 0 rings (SSSR count). The Morgan fingerprint density at radius 3 is 0.867 bits per heavy atom. The molecule has 0 fully saturated rings. The molecule has 0 aromatic rings. The predicted octanol–water partition coefficient (Wildman–Crippen LogP) is 7.02. The van der Waals surface area contributed by atoms with Gasteiger partial charge in [-0.1, -0.05) is 74.3 Å². The van der Waals surface area contributed by atoms with Gasteiger partial charge in [-0.3, -0.25) is 0 Å². The van der Waals surface area contributed by atoms with E-state index in [4.69, 9.17) is 0 Å². The number of hydrogen-bond acceptors (Lipinski definition) is 6. The van der Waals surface area contributed by atoms with Gasteiger partial charge in [-0.2, -0.15) is 0 Å². The van der Waals surface area contributed by atoms with Gasteiger partial charge in [0.15, 0.2) is 0 Å². The van der Waals surface area contributed by atoms with Crippen LogP contribution in [0.15, 0.2) is 48.6 Å². The zero-order valence-electron chi connectivity index (χ0n) is 29.8. The first kappa shape index (κ1) is 48.5. The van der Waals surface area contributed by atoms with Gasteiger partial charge < -0.3 is 29.6 Å². The molecule has 0 N–H and O–H groups in total. The van der Waals surface area contributed by atoms with Gasteiger partial charge in [0.1, 0.15) is 0 Å². The normalized spacial score (nSPS) is 11.7. The summed E-state index contributed by atoms with van der Waals surface area (Å²) < 4.78 is 0. The largest absolute Gasteiger partial charge is 2.00 e. The zero-order valence-corrected chi connectivity index (χ0v) is 32.0. The first-order valence-electron chi connectivity index (χ1n) is 17.7. The quantitative estimate of drug-likeness (QED) is 0.0469. The van der Waals surface area contributed by atoms with E-state index in [9.17, 15) is 19.8 Å². The molecule has 0 bridgehead atoms. The van der Waals surface area contributed by atoms with Crippen LogP contribution < -0.4 is 10.2 Å². The fraction of sp³-hybridized carbons (Fsp3) is 0.737. The Balaban J connectivity index is -0.000000767. The van der Waals surface area contributed by atoms with Crippen molar-refractivity contribution in [2.24, 2.45) is 0 Å². The van der Waals surface area contributed by atoms with Gasteiger partial charge in [0, 0.05) is 25.0 Å². The Morgan fingerprint density at radius 2 is 0.667 bits per heavy atom. The summed E-state index contributed by atoms with van der Waals surface area (Å²) in [6, 6.07) is 0. The molecule has 0 heterocycles. The SMILES string of the molecule is C/C=C/CCCCCN(CCCCC/C=C/C)CCC(=O)[O-].C/C=C/CCCCCN(CCCCC/C=C/C)CCC(=O)[O-].[Ca+2]. The van der Waals surface area contributed by atoms with Crippen molar-refractivity contribution in [3.8, 4) is 0 Å². The second kappa shape index (κ2) is 41.1. The van der Waals surface area contributed by atoms with Gasteiger partial charge in [-0.05, 0) is 144 Å². The minimum absolute atomic E-state index is 0. The van der Waals surface area contributed by atoms with Crippen molar-refractivity contribution in [2.45, 2.75) is 143 Å². The van der Waals surface area contributed by atoms with Crippen LogP contribution in [0.2, 0.25) is 0 Å². The summed E-state index contributed by atoms with van der Waals surface area (Å²) in [5, 5.41) is 21.3. The van der Waals surface area contributed by atoms with Crippen LogP contribution >= 0.6 is 0 Å². The molecule has 0 saturated carbocycles. The molecule has 256 valence electrons. The Bertz CT molecular complexity index is 646. The van der Waals surface area contributed by atoms with Crippen molar-refractivity contribution in [2.75, 3.05) is 39.3 Å². The second-order valence-electron chi connectivity index (χ2n) is 11.6. The summed E-state index contributed by atoms with van der Waals surface area (Å²) in [6.45, 7) is 13.5. The molecule has 0 unspecified atom stereocenters. The van der Waals surface area contributed by atoms with E-state index in [0.717, 1.165) is 77.5 Å². The maximum absolute atomic E-state index is 10.6. The molecule has 0 spiro atoms. The third-order valence-corrected chi connectivity index (χ3v) is 7.59. The van der Waals surface area contributed by atoms with Crippen LogP contribution in [0.4, 0.5) is 0 Å². The minimum Gasteiger partial charge on any atom is -0.550 e. The van der Waals surface area contributed by atoms with Crippen molar-refractivity contribution < 1.29 is 19.8 Å². The maximum Gasteiger partial charge on any atom is 2.00 e. The van der Waals surface area contributed by atoms with Gasteiger partial charge >= 0.3 is 37.7 Å². The molecule has 0 aromatic carbocycles. The summed E-state index contributed by atoms with van der Waals surface area (Å²) in [4.78, 5) is 25.9. The fourth-order valence-corrected chi connectivity index (χ4v) is 4.93. The average Bonchev–Trinajstić information content (AvgIpc) is 3.00. The van der Waals surface area contributed by atoms with E-state index in [0.29, 0.717) is 13.1 Å². The smallest absolute Gasteiger partial charge is 0.550 e. The number of allylic oxidation sites excluding steroid dienone is 8. The molecule has 0 saturated heterocycles. The third-order valence-electron chi connectivity index (χ3n) is 7.59. The summed E-state index contributed by atoms with van der Waals surface area (Å²) in [5.74, 6) is -1.88. The van der Waals surface area contributed by atoms with Crippen molar-refractivity contribution >= 4 is 49.7 Å². The van der Waals surface area contributed by atoms with Gasteiger partial charge in [-0.25, -0.2) is 0 Å². The van der Waals surface area contributed by atoms with E-state index in [1.165, 1.54) is 51.4 Å². The molecule has 45 heavy (non-hydrogen) atoms. The van der Waals surface area contributed by atoms with Crippen LogP contribution in [0.1, 0.15) is 143 Å². The molecule has 0 aromatic heterocycles. The number of aliphatic carboxylic acids is 2. The van der Waals surface area contributed by atoms with Crippen LogP contribution in [-0.4, -0.2) is 98.7 Å². The van der Waals surface area contributed by atoms with Crippen molar-refractivity contribution in [1.82, 2.24) is 9.80 Å². The minimum atomic E-state index is -0.939. The molecule has 6 nitrogen and oxygen atoms in total. The molecule has 0 aliphatic rings. The van der Waals surface area contributed by atoms with Gasteiger partial charge in [0.05, 0.1) is 0 Å². The van der Waals surface area contributed by atoms with E-state index in [1.807, 2.05) is 0 Å². The zero-order chi connectivity index (χ0) is 32.9. The Kier molecular flexibility index (Phi) is 44.3. The number of unbranched alkanes of at least 4 members (excludes halogenated alkanes) is 12. The molecule has 0 aliphatic carbocycles. The van der Waals surface area contributed by atoms with Crippen LogP contribution in [0, 0.1) is 0 Å². The number of rotatable bonds is 30. The molecule has 0 atom stereocenters. The van der Waals surface area contributed by atoms with E-state index >= 15 is 0 Å². The predicted molar refractivity (Wildman–Crippen MR) is 191 cm³/mol. The van der Waals surface area contributed by atoms with Gasteiger partial charge in [0.2, 0.25) is 0 Å². The number of carbonyl (C=O) groups is 2. The van der Waals surface area contributed by atoms with E-state index in [1.54, 1.807) is 0 Å². The standard InChI is InChI=1S/2C19H35NO2.Ca/c2*1-3-5-7-9-11-13-16-20(18-15-19(21)22)17-14-12-10-8-6-4-2;/h2*3-6H,7-18H2,1-2H3,(H,21,22);/q;;+2/p-2/b2*5-3+,6-4+;. The number of carbonyl (C=O) groups excluding carboxylic acids is 2. The molecular weight excluding hydrogens is 589 g/mol. The van der Waals surface area contributed by atoms with Crippen LogP contribution in [0.3, 0.4) is 0 Å². The number of carboxylic acid groups (broad SMARTS) is 2. The average molecular weight is 657 g/mol. The summed E-state index contributed by atoms with van der Waals surface area (Å²) in [5.41, 5.74) is 0. The first-order valence-corrected chi connectivity index (χ1v) is 17.7. The summed E-state index contributed by atoms with van der Waals surface area (Å²) >= 11 is 0.